The number of nitrogens with one attached hydrogen (secondary N) is 1. The van der Waals surface area contributed by atoms with Crippen molar-refractivity contribution >= 4 is 10.9 Å². The molecule has 1 aliphatic rings. The predicted octanol–water partition coefficient (Wildman–Crippen LogP) is 2.29. The Morgan fingerprint density at radius 2 is 2.07 bits per heavy atom. The molecular weight excluding hydrogens is 186 g/mol. The van der Waals surface area contributed by atoms with Crippen molar-refractivity contribution in [3.63, 3.8) is 0 Å². The molecule has 3 heteroatoms. The molecule has 0 aliphatic heterocycles. The van der Waals surface area contributed by atoms with E-state index >= 15 is 0 Å². The highest BCUT2D eigenvalue weighted by atomic mass is 15.1. The number of aromatic nitrogens is 2. The van der Waals surface area contributed by atoms with Gasteiger partial charge in [-0.1, -0.05) is 31.0 Å². The monoisotopic (exact) mass is 201 g/mol. The summed E-state index contributed by atoms with van der Waals surface area (Å²) in [7, 11) is 0. The molecular formula is C12H15N3. The predicted molar refractivity (Wildman–Crippen MR) is 60.4 cm³/mol. The van der Waals surface area contributed by atoms with Crippen LogP contribution in [0.15, 0.2) is 24.4 Å². The van der Waals surface area contributed by atoms with Gasteiger partial charge in [0, 0.05) is 10.9 Å². The standard InChI is InChI=1S/C12H15N3/c13-12(6-1-2-7-12)10-5-3-4-9-8-14-15-11(9)10/h3-5,8H,1-2,6-7,13H2,(H,14,15). The van der Waals surface area contributed by atoms with E-state index in [2.05, 4.69) is 28.4 Å². The minimum Gasteiger partial charge on any atom is -0.321 e. The van der Waals surface area contributed by atoms with Crippen LogP contribution in [0.5, 0.6) is 0 Å². The molecule has 0 saturated heterocycles. The summed E-state index contributed by atoms with van der Waals surface area (Å²) in [5.74, 6) is 0. The average Bonchev–Trinajstić information content (AvgIpc) is 2.85. The van der Waals surface area contributed by atoms with E-state index in [4.69, 9.17) is 5.73 Å². The summed E-state index contributed by atoms with van der Waals surface area (Å²) in [6, 6.07) is 6.27. The Balaban J connectivity index is 2.21. The molecule has 1 aliphatic carbocycles. The van der Waals surface area contributed by atoms with E-state index in [-0.39, 0.29) is 5.54 Å². The summed E-state index contributed by atoms with van der Waals surface area (Å²) < 4.78 is 0. The van der Waals surface area contributed by atoms with Crippen LogP contribution in [0.25, 0.3) is 10.9 Å². The normalized spacial score (nSPS) is 19.8. The zero-order valence-corrected chi connectivity index (χ0v) is 8.66. The molecule has 0 bridgehead atoms. The van der Waals surface area contributed by atoms with Gasteiger partial charge in [-0.05, 0) is 18.4 Å². The number of aromatic amines is 1. The van der Waals surface area contributed by atoms with Gasteiger partial charge >= 0.3 is 0 Å². The first-order chi connectivity index (χ1) is 7.30. The zero-order chi connectivity index (χ0) is 10.3. The zero-order valence-electron chi connectivity index (χ0n) is 8.66. The lowest BCUT2D eigenvalue weighted by molar-refractivity contribution is 0.465. The Labute approximate surface area is 88.7 Å². The largest absolute Gasteiger partial charge is 0.321 e. The summed E-state index contributed by atoms with van der Waals surface area (Å²) >= 11 is 0. The molecule has 0 atom stereocenters. The van der Waals surface area contributed by atoms with Gasteiger partial charge in [0.05, 0.1) is 11.7 Å². The topological polar surface area (TPSA) is 54.7 Å². The fourth-order valence-electron chi connectivity index (χ4n) is 2.66. The number of hydrogen-bond donors (Lipinski definition) is 2. The molecule has 0 spiro atoms. The fraction of sp³-hybridized carbons (Fsp3) is 0.417. The second kappa shape index (κ2) is 3.07. The van der Waals surface area contributed by atoms with Crippen molar-refractivity contribution in [2.24, 2.45) is 5.73 Å². The number of nitrogens with two attached hydrogens (primary N) is 1. The molecule has 15 heavy (non-hydrogen) atoms. The van der Waals surface area contributed by atoms with Crippen molar-refractivity contribution < 1.29 is 0 Å². The third-order valence-electron chi connectivity index (χ3n) is 3.51. The molecule has 3 nitrogen and oxygen atoms in total. The number of rotatable bonds is 1. The van der Waals surface area contributed by atoms with Crippen LogP contribution in [-0.2, 0) is 5.54 Å². The summed E-state index contributed by atoms with van der Waals surface area (Å²) in [6.07, 6.45) is 6.51. The van der Waals surface area contributed by atoms with Gasteiger partial charge in [-0.2, -0.15) is 5.10 Å². The molecule has 78 valence electrons. The number of para-hydroxylation sites is 1. The van der Waals surface area contributed by atoms with Gasteiger partial charge in [0.25, 0.3) is 0 Å². The van der Waals surface area contributed by atoms with Crippen LogP contribution in [0.4, 0.5) is 0 Å². The maximum Gasteiger partial charge on any atom is 0.0700 e. The quantitative estimate of drug-likeness (QED) is 0.743. The van der Waals surface area contributed by atoms with Crippen LogP contribution in [0.2, 0.25) is 0 Å². The van der Waals surface area contributed by atoms with Gasteiger partial charge in [-0.3, -0.25) is 5.10 Å². The van der Waals surface area contributed by atoms with Crippen molar-refractivity contribution in [2.45, 2.75) is 31.2 Å². The second-order valence-corrected chi connectivity index (χ2v) is 4.50. The van der Waals surface area contributed by atoms with Gasteiger partial charge in [-0.15, -0.1) is 0 Å². The molecule has 1 fully saturated rings. The van der Waals surface area contributed by atoms with Crippen LogP contribution >= 0.6 is 0 Å². The van der Waals surface area contributed by atoms with Crippen LogP contribution in [0.3, 0.4) is 0 Å². The Kier molecular flexibility index (Phi) is 1.83. The maximum absolute atomic E-state index is 6.46. The second-order valence-electron chi connectivity index (χ2n) is 4.50. The van der Waals surface area contributed by atoms with Crippen molar-refractivity contribution in [2.75, 3.05) is 0 Å². The summed E-state index contributed by atoms with van der Waals surface area (Å²) in [5, 5.41) is 8.30. The molecule has 1 heterocycles. The smallest absolute Gasteiger partial charge is 0.0700 e. The molecule has 0 radical (unpaired) electrons. The molecule has 1 saturated carbocycles. The first-order valence-corrected chi connectivity index (χ1v) is 5.51. The summed E-state index contributed by atoms with van der Waals surface area (Å²) in [6.45, 7) is 0. The number of hydrogen-bond acceptors (Lipinski definition) is 2. The lowest BCUT2D eigenvalue weighted by Gasteiger charge is -2.24. The molecule has 0 amide bonds. The molecule has 1 aromatic carbocycles. The van der Waals surface area contributed by atoms with Crippen molar-refractivity contribution in [1.82, 2.24) is 10.2 Å². The summed E-state index contributed by atoms with van der Waals surface area (Å²) in [4.78, 5) is 0. The van der Waals surface area contributed by atoms with E-state index in [1.54, 1.807) is 0 Å². The first-order valence-electron chi connectivity index (χ1n) is 5.51. The van der Waals surface area contributed by atoms with Gasteiger partial charge in [0.15, 0.2) is 0 Å². The minimum absolute atomic E-state index is 0.133. The number of nitrogens with zero attached hydrogens (tertiary/aromatic N) is 1. The van der Waals surface area contributed by atoms with Gasteiger partial charge in [0.2, 0.25) is 0 Å². The third-order valence-corrected chi connectivity index (χ3v) is 3.51. The summed E-state index contributed by atoms with van der Waals surface area (Å²) in [5.41, 5.74) is 8.67. The SMILES string of the molecule is NC1(c2cccc3cn[nH]c23)CCCC1. The number of fused-ring (bicyclic) bond motifs is 1. The average molecular weight is 201 g/mol. The van der Waals surface area contributed by atoms with Crippen molar-refractivity contribution in [3.8, 4) is 0 Å². The minimum atomic E-state index is -0.133. The molecule has 3 rings (SSSR count). The number of H-pyrrole nitrogens is 1. The number of benzene rings is 1. The van der Waals surface area contributed by atoms with Gasteiger partial charge < -0.3 is 5.73 Å². The van der Waals surface area contributed by atoms with Gasteiger partial charge in [-0.25, -0.2) is 0 Å². The molecule has 2 aromatic rings. The lowest BCUT2D eigenvalue weighted by Crippen LogP contribution is -2.33. The van der Waals surface area contributed by atoms with E-state index in [9.17, 15) is 0 Å². The Morgan fingerprint density at radius 1 is 1.27 bits per heavy atom. The fourth-order valence-corrected chi connectivity index (χ4v) is 2.66. The molecule has 0 unspecified atom stereocenters. The Morgan fingerprint density at radius 3 is 2.87 bits per heavy atom. The molecule has 3 N–H and O–H groups in total. The van der Waals surface area contributed by atoms with Crippen LogP contribution in [0, 0.1) is 0 Å². The molecule has 1 aromatic heterocycles. The van der Waals surface area contributed by atoms with E-state index in [0.29, 0.717) is 0 Å². The van der Waals surface area contributed by atoms with Gasteiger partial charge in [0.1, 0.15) is 0 Å². The highest BCUT2D eigenvalue weighted by Gasteiger charge is 2.32. The van der Waals surface area contributed by atoms with E-state index in [1.807, 2.05) is 6.20 Å². The highest BCUT2D eigenvalue weighted by Crippen LogP contribution is 2.38. The lowest BCUT2D eigenvalue weighted by atomic mass is 9.88. The first kappa shape index (κ1) is 8.92. The maximum atomic E-state index is 6.46. The van der Waals surface area contributed by atoms with E-state index in [0.717, 1.165) is 23.7 Å². The third kappa shape index (κ3) is 1.27. The highest BCUT2D eigenvalue weighted by molar-refractivity contribution is 5.82. The van der Waals surface area contributed by atoms with E-state index < -0.39 is 0 Å². The van der Waals surface area contributed by atoms with E-state index in [1.165, 1.54) is 18.4 Å². The van der Waals surface area contributed by atoms with Crippen molar-refractivity contribution in [1.29, 1.82) is 0 Å². The van der Waals surface area contributed by atoms with Crippen LogP contribution < -0.4 is 5.73 Å². The Hall–Kier alpha value is -1.35. The Bertz CT molecular complexity index is 480. The van der Waals surface area contributed by atoms with Crippen LogP contribution in [-0.4, -0.2) is 10.2 Å². The van der Waals surface area contributed by atoms with Crippen LogP contribution in [0.1, 0.15) is 31.2 Å². The van der Waals surface area contributed by atoms with Crippen molar-refractivity contribution in [3.05, 3.63) is 30.0 Å².